The fourth-order valence-corrected chi connectivity index (χ4v) is 4.13. The molecule has 5 aromatic rings. The lowest BCUT2D eigenvalue weighted by Gasteiger charge is -2.20. The molecule has 5 rings (SSSR count). The number of aromatic hydroxyl groups is 7. The summed E-state index contributed by atoms with van der Waals surface area (Å²) in [5.74, 6) is -5.93. The summed E-state index contributed by atoms with van der Waals surface area (Å²) in [6.45, 7) is 0. The van der Waals surface area contributed by atoms with E-state index in [0.717, 1.165) is 12.1 Å². The molecule has 0 saturated heterocycles. The maximum Gasteiger partial charge on any atom is 0.344 e. The Morgan fingerprint density at radius 3 is 1.36 bits per heavy atom. The molecule has 0 bridgehead atoms. The van der Waals surface area contributed by atoms with E-state index < -0.39 is 74.0 Å². The van der Waals surface area contributed by atoms with Gasteiger partial charge >= 0.3 is 11.3 Å². The van der Waals surface area contributed by atoms with Crippen LogP contribution < -0.4 is 11.3 Å². The number of rotatable bonds is 3. The fraction of sp³-hybridized carbons (Fsp3) is 0.0400. The van der Waals surface area contributed by atoms with Crippen LogP contribution in [0.1, 0.15) is 22.6 Å². The zero-order valence-electron chi connectivity index (χ0n) is 18.0. The van der Waals surface area contributed by atoms with Crippen molar-refractivity contribution in [2.24, 2.45) is 0 Å². The van der Waals surface area contributed by atoms with Crippen LogP contribution in [-0.4, -0.2) is 35.7 Å². The van der Waals surface area contributed by atoms with Crippen LogP contribution in [0.2, 0.25) is 0 Å². The summed E-state index contributed by atoms with van der Waals surface area (Å²) in [6, 6.07) is 9.59. The molecule has 2 aromatic heterocycles. The number of hydrogen-bond acceptors (Lipinski definition) is 11. The molecule has 0 aliphatic rings. The Kier molecular flexibility index (Phi) is 4.92. The van der Waals surface area contributed by atoms with E-state index in [1.807, 2.05) is 0 Å². The van der Waals surface area contributed by atoms with Crippen molar-refractivity contribution in [1.29, 1.82) is 0 Å². The van der Waals surface area contributed by atoms with Gasteiger partial charge in [0.1, 0.15) is 17.2 Å². The Morgan fingerprint density at radius 2 is 0.944 bits per heavy atom. The molecule has 11 nitrogen and oxygen atoms in total. The van der Waals surface area contributed by atoms with Crippen LogP contribution in [-0.2, 0) is 0 Å². The zero-order chi connectivity index (χ0) is 25.9. The van der Waals surface area contributed by atoms with Crippen molar-refractivity contribution in [2.75, 3.05) is 0 Å². The summed E-state index contributed by atoms with van der Waals surface area (Å²) in [6.07, 6.45) is 0. The Bertz CT molecular complexity index is 1690. The molecule has 0 aliphatic heterocycles. The van der Waals surface area contributed by atoms with Crippen LogP contribution >= 0.6 is 0 Å². The second kappa shape index (κ2) is 7.87. The minimum atomic E-state index is -1.53. The molecular formula is C25H16O11. The zero-order valence-corrected chi connectivity index (χ0v) is 18.0. The third-order valence-electron chi connectivity index (χ3n) is 5.87. The standard InChI is InChI=1S/C25H16O11/c26-10-3-1-9(2-4-10)15(16-18(29)11-5-7-13(27)20(31)22(11)35-24(16)33)17-19(30)12-6-8-14(28)21(32)23(12)36-25(17)34/h1-8,15,26-32H. The summed E-state index contributed by atoms with van der Waals surface area (Å²) >= 11 is 0. The average molecular weight is 492 g/mol. The Morgan fingerprint density at radius 1 is 0.528 bits per heavy atom. The van der Waals surface area contributed by atoms with E-state index in [4.69, 9.17) is 8.83 Å². The summed E-state index contributed by atoms with van der Waals surface area (Å²) in [5, 5.41) is 71.2. The Labute approximate surface area is 199 Å². The Hall–Kier alpha value is -5.32. The largest absolute Gasteiger partial charge is 0.508 e. The average Bonchev–Trinajstić information content (AvgIpc) is 2.84. The minimum absolute atomic E-state index is 0.141. The lowest BCUT2D eigenvalue weighted by Crippen LogP contribution is -2.21. The lowest BCUT2D eigenvalue weighted by molar-refractivity contribution is 0.392. The van der Waals surface area contributed by atoms with Crippen molar-refractivity contribution < 1.29 is 44.6 Å². The van der Waals surface area contributed by atoms with Gasteiger partial charge in [-0.05, 0) is 42.0 Å². The van der Waals surface area contributed by atoms with Gasteiger partial charge in [0.25, 0.3) is 0 Å². The minimum Gasteiger partial charge on any atom is -0.508 e. The Balaban J connectivity index is 1.91. The van der Waals surface area contributed by atoms with E-state index in [0.29, 0.717) is 0 Å². The van der Waals surface area contributed by atoms with Gasteiger partial charge < -0.3 is 44.6 Å². The molecule has 36 heavy (non-hydrogen) atoms. The molecule has 7 N–H and O–H groups in total. The molecule has 3 aromatic carbocycles. The topological polar surface area (TPSA) is 202 Å². The molecule has 0 fully saturated rings. The first-order valence-corrected chi connectivity index (χ1v) is 10.3. The number of benzene rings is 3. The van der Waals surface area contributed by atoms with Gasteiger partial charge in [-0.2, -0.15) is 0 Å². The third-order valence-corrected chi connectivity index (χ3v) is 5.87. The number of phenols is 5. The van der Waals surface area contributed by atoms with Gasteiger partial charge in [0.15, 0.2) is 22.7 Å². The van der Waals surface area contributed by atoms with Gasteiger partial charge in [0.05, 0.1) is 27.8 Å². The predicted molar refractivity (Wildman–Crippen MR) is 124 cm³/mol. The van der Waals surface area contributed by atoms with Gasteiger partial charge in [0, 0.05) is 0 Å². The van der Waals surface area contributed by atoms with Crippen molar-refractivity contribution in [3.63, 3.8) is 0 Å². The van der Waals surface area contributed by atoms with Crippen LogP contribution in [0.4, 0.5) is 0 Å². The van der Waals surface area contributed by atoms with Crippen LogP contribution in [0, 0.1) is 0 Å². The highest BCUT2D eigenvalue weighted by Crippen LogP contribution is 2.45. The molecule has 11 heteroatoms. The van der Waals surface area contributed by atoms with Gasteiger partial charge in [-0.1, -0.05) is 12.1 Å². The van der Waals surface area contributed by atoms with Crippen molar-refractivity contribution in [1.82, 2.24) is 0 Å². The summed E-state index contributed by atoms with van der Waals surface area (Å²) < 4.78 is 10.3. The van der Waals surface area contributed by atoms with Crippen LogP contribution in [0.3, 0.4) is 0 Å². The fourth-order valence-electron chi connectivity index (χ4n) is 4.13. The second-order valence-corrected chi connectivity index (χ2v) is 7.95. The van der Waals surface area contributed by atoms with E-state index in [2.05, 4.69) is 0 Å². The summed E-state index contributed by atoms with van der Waals surface area (Å²) in [7, 11) is 0. The van der Waals surface area contributed by atoms with Crippen molar-refractivity contribution >= 4 is 21.9 Å². The third kappa shape index (κ3) is 3.21. The molecule has 0 saturated carbocycles. The smallest absolute Gasteiger partial charge is 0.344 e. The number of phenolic OH excluding ortho intramolecular Hbond substituents is 5. The van der Waals surface area contributed by atoms with E-state index in [1.54, 1.807) is 0 Å². The predicted octanol–water partition coefficient (Wildman–Crippen LogP) is 3.02. The van der Waals surface area contributed by atoms with Crippen LogP contribution in [0.15, 0.2) is 67.0 Å². The highest BCUT2D eigenvalue weighted by atomic mass is 16.4. The van der Waals surface area contributed by atoms with Gasteiger partial charge in [-0.15, -0.1) is 0 Å². The monoisotopic (exact) mass is 492 g/mol. The second-order valence-electron chi connectivity index (χ2n) is 7.95. The highest BCUT2D eigenvalue weighted by Gasteiger charge is 2.33. The SMILES string of the molecule is O=c1oc2c(O)c(O)ccc2c(O)c1C(c1ccc(O)cc1)c1c(O)c2ccc(O)c(O)c2oc1=O. The molecule has 0 radical (unpaired) electrons. The van der Waals surface area contributed by atoms with Crippen molar-refractivity contribution in [2.45, 2.75) is 5.92 Å². The quantitative estimate of drug-likeness (QED) is 0.144. The van der Waals surface area contributed by atoms with Crippen LogP contribution in [0.5, 0.6) is 40.2 Å². The van der Waals surface area contributed by atoms with Crippen molar-refractivity contribution in [3.05, 3.63) is 86.1 Å². The van der Waals surface area contributed by atoms with Gasteiger partial charge in [0.2, 0.25) is 11.5 Å². The number of fused-ring (bicyclic) bond motifs is 2. The molecule has 0 atom stereocenters. The van der Waals surface area contributed by atoms with Crippen LogP contribution in [0.25, 0.3) is 21.9 Å². The van der Waals surface area contributed by atoms with E-state index >= 15 is 0 Å². The van der Waals surface area contributed by atoms with Crippen molar-refractivity contribution in [3.8, 4) is 40.2 Å². The molecule has 0 spiro atoms. The first-order valence-electron chi connectivity index (χ1n) is 10.3. The van der Waals surface area contributed by atoms with E-state index in [-0.39, 0.29) is 22.1 Å². The van der Waals surface area contributed by atoms with E-state index in [1.165, 1.54) is 36.4 Å². The van der Waals surface area contributed by atoms with Gasteiger partial charge in [-0.25, -0.2) is 9.59 Å². The molecular weight excluding hydrogens is 476 g/mol. The lowest BCUT2D eigenvalue weighted by atomic mass is 9.84. The summed E-state index contributed by atoms with van der Waals surface area (Å²) in [5.41, 5.74) is -4.37. The molecule has 0 aliphatic carbocycles. The first kappa shape index (κ1) is 22.5. The first-order chi connectivity index (χ1) is 17.1. The highest BCUT2D eigenvalue weighted by molar-refractivity contribution is 5.92. The molecule has 182 valence electrons. The summed E-state index contributed by atoms with van der Waals surface area (Å²) in [4.78, 5) is 26.2. The molecule has 0 unspecified atom stereocenters. The maximum atomic E-state index is 13.1. The normalized spacial score (nSPS) is 11.5. The molecule has 2 heterocycles. The molecule has 0 amide bonds. The van der Waals surface area contributed by atoms with Gasteiger partial charge in [-0.3, -0.25) is 0 Å². The maximum absolute atomic E-state index is 13.1. The van der Waals surface area contributed by atoms with E-state index in [9.17, 15) is 45.3 Å². The number of hydrogen-bond donors (Lipinski definition) is 7.